The molecule has 126 valence electrons. The Bertz CT molecular complexity index is 933. The number of thiocarbonyl (C=S) groups is 1. The van der Waals surface area contributed by atoms with Gasteiger partial charge in [0.25, 0.3) is 11.8 Å². The Kier molecular flexibility index (Phi) is 4.63. The molecule has 1 aliphatic heterocycles. The van der Waals surface area contributed by atoms with Gasteiger partial charge in [-0.15, -0.1) is 6.58 Å². The quantitative estimate of drug-likeness (QED) is 0.398. The Labute approximate surface area is 150 Å². The molecule has 1 heterocycles. The van der Waals surface area contributed by atoms with Gasteiger partial charge in [-0.05, 0) is 35.1 Å². The van der Waals surface area contributed by atoms with E-state index in [2.05, 4.69) is 11.9 Å². The molecule has 1 N–H and O–H groups in total. The first-order chi connectivity index (χ1) is 12.1. The molecule has 1 fully saturated rings. The minimum Gasteiger partial charge on any atom is -0.496 e. The first-order valence-corrected chi connectivity index (χ1v) is 8.03. The molecule has 5 nitrogen and oxygen atoms in total. The van der Waals surface area contributed by atoms with E-state index < -0.39 is 11.8 Å². The second-order valence-electron chi connectivity index (χ2n) is 5.42. The van der Waals surface area contributed by atoms with Crippen molar-refractivity contribution in [1.82, 2.24) is 10.2 Å². The van der Waals surface area contributed by atoms with Crippen molar-refractivity contribution in [3.63, 3.8) is 0 Å². The van der Waals surface area contributed by atoms with Crippen molar-refractivity contribution in [2.45, 2.75) is 0 Å². The molecule has 0 saturated carbocycles. The number of rotatable bonds is 4. The third kappa shape index (κ3) is 3.04. The van der Waals surface area contributed by atoms with E-state index in [4.69, 9.17) is 17.0 Å². The summed E-state index contributed by atoms with van der Waals surface area (Å²) in [5.74, 6) is -0.399. The van der Waals surface area contributed by atoms with Gasteiger partial charge >= 0.3 is 0 Å². The monoisotopic (exact) mass is 352 g/mol. The van der Waals surface area contributed by atoms with E-state index in [1.165, 1.54) is 4.90 Å². The number of ether oxygens (including phenoxy) is 1. The van der Waals surface area contributed by atoms with Gasteiger partial charge in [0.05, 0.1) is 7.11 Å². The molecule has 0 unspecified atom stereocenters. The van der Waals surface area contributed by atoms with Crippen LogP contribution >= 0.6 is 12.2 Å². The van der Waals surface area contributed by atoms with Crippen molar-refractivity contribution < 1.29 is 14.3 Å². The number of nitrogens with one attached hydrogen (secondary N) is 1. The Morgan fingerprint density at radius 1 is 1.24 bits per heavy atom. The van der Waals surface area contributed by atoms with Gasteiger partial charge in [0, 0.05) is 12.1 Å². The van der Waals surface area contributed by atoms with Gasteiger partial charge in [0.15, 0.2) is 5.11 Å². The molecule has 6 heteroatoms. The summed E-state index contributed by atoms with van der Waals surface area (Å²) in [6.45, 7) is 3.84. The zero-order valence-electron chi connectivity index (χ0n) is 13.6. The first-order valence-electron chi connectivity index (χ1n) is 7.62. The zero-order chi connectivity index (χ0) is 18.0. The first kappa shape index (κ1) is 16.9. The average molecular weight is 352 g/mol. The van der Waals surface area contributed by atoms with Crippen LogP contribution in [0.15, 0.2) is 54.6 Å². The van der Waals surface area contributed by atoms with Gasteiger partial charge in [-0.1, -0.05) is 36.4 Å². The van der Waals surface area contributed by atoms with E-state index in [9.17, 15) is 9.59 Å². The molecule has 2 amide bonds. The Morgan fingerprint density at radius 2 is 2.00 bits per heavy atom. The van der Waals surface area contributed by atoms with Crippen LogP contribution in [-0.4, -0.2) is 35.5 Å². The molecule has 2 aromatic rings. The average Bonchev–Trinajstić information content (AvgIpc) is 2.62. The van der Waals surface area contributed by atoms with Gasteiger partial charge < -0.3 is 4.74 Å². The Balaban J connectivity index is 2.17. The van der Waals surface area contributed by atoms with Crippen molar-refractivity contribution in [1.29, 1.82) is 0 Å². The highest BCUT2D eigenvalue weighted by molar-refractivity contribution is 7.80. The fourth-order valence-corrected chi connectivity index (χ4v) is 2.99. The van der Waals surface area contributed by atoms with Gasteiger partial charge in [-0.2, -0.15) is 0 Å². The number of carbonyl (C=O) groups is 2. The van der Waals surface area contributed by atoms with Crippen LogP contribution in [0.3, 0.4) is 0 Å². The van der Waals surface area contributed by atoms with E-state index in [1.54, 1.807) is 19.3 Å². The fourth-order valence-electron chi connectivity index (χ4n) is 2.74. The molecule has 0 spiro atoms. The molecule has 0 atom stereocenters. The molecular weight excluding hydrogens is 336 g/mol. The number of methoxy groups -OCH3 is 1. The second-order valence-corrected chi connectivity index (χ2v) is 5.81. The maximum absolute atomic E-state index is 12.7. The minimum atomic E-state index is -0.523. The number of hydrogen-bond acceptors (Lipinski definition) is 4. The van der Waals surface area contributed by atoms with Gasteiger partial charge in [0.1, 0.15) is 11.3 Å². The van der Waals surface area contributed by atoms with Crippen LogP contribution in [-0.2, 0) is 9.59 Å². The molecule has 2 aromatic carbocycles. The summed E-state index contributed by atoms with van der Waals surface area (Å²) in [4.78, 5) is 26.3. The van der Waals surface area contributed by atoms with E-state index in [0.29, 0.717) is 11.3 Å². The summed E-state index contributed by atoms with van der Waals surface area (Å²) in [5, 5.41) is 4.49. The van der Waals surface area contributed by atoms with Crippen molar-refractivity contribution in [3.8, 4) is 5.75 Å². The number of fused-ring (bicyclic) bond motifs is 1. The molecule has 25 heavy (non-hydrogen) atoms. The van der Waals surface area contributed by atoms with E-state index in [1.807, 2.05) is 36.4 Å². The van der Waals surface area contributed by atoms with Crippen molar-refractivity contribution in [3.05, 3.63) is 60.2 Å². The predicted molar refractivity (Wildman–Crippen MR) is 101 cm³/mol. The Hall–Kier alpha value is -2.99. The summed E-state index contributed by atoms with van der Waals surface area (Å²) in [5.41, 5.74) is 0.676. The molecule has 3 rings (SSSR count). The molecule has 0 aromatic heterocycles. The maximum atomic E-state index is 12.7. The zero-order valence-corrected chi connectivity index (χ0v) is 14.4. The smallest absolute Gasteiger partial charge is 0.265 e. The Morgan fingerprint density at radius 3 is 2.72 bits per heavy atom. The summed E-state index contributed by atoms with van der Waals surface area (Å²) >= 11 is 5.06. The molecule has 1 aliphatic rings. The van der Waals surface area contributed by atoms with Crippen LogP contribution < -0.4 is 10.1 Å². The lowest BCUT2D eigenvalue weighted by atomic mass is 10.00. The lowest BCUT2D eigenvalue weighted by molar-refractivity contribution is -0.128. The summed E-state index contributed by atoms with van der Waals surface area (Å²) in [6.07, 6.45) is 3.11. The van der Waals surface area contributed by atoms with Crippen molar-refractivity contribution in [2.75, 3.05) is 13.7 Å². The van der Waals surface area contributed by atoms with Crippen LogP contribution in [0.2, 0.25) is 0 Å². The molecular formula is C19H16N2O3S. The van der Waals surface area contributed by atoms with Crippen LogP contribution in [0, 0.1) is 0 Å². The highest BCUT2D eigenvalue weighted by Crippen LogP contribution is 2.30. The lowest BCUT2D eigenvalue weighted by Gasteiger charge is -2.28. The van der Waals surface area contributed by atoms with Crippen molar-refractivity contribution in [2.24, 2.45) is 0 Å². The van der Waals surface area contributed by atoms with E-state index >= 15 is 0 Å². The normalized spacial score (nSPS) is 16.3. The molecule has 0 radical (unpaired) electrons. The molecule has 0 aliphatic carbocycles. The number of carbonyl (C=O) groups excluding carboxylic acids is 2. The lowest BCUT2D eigenvalue weighted by Crippen LogP contribution is -2.53. The standard InChI is InChI=1S/C19H16N2O3S/c1-3-10-21-18(23)15(17(22)20-19(21)25)11-14-13-7-5-4-6-12(13)8-9-16(14)24-2/h3-9,11H,1,10H2,2H3,(H,20,22,25). The minimum absolute atomic E-state index is 0.00473. The molecule has 1 saturated heterocycles. The summed E-state index contributed by atoms with van der Waals surface area (Å²) in [6, 6.07) is 11.4. The number of amides is 2. The van der Waals surface area contributed by atoms with Crippen LogP contribution in [0.25, 0.3) is 16.8 Å². The fraction of sp³-hybridized carbons (Fsp3) is 0.105. The third-order valence-corrected chi connectivity index (χ3v) is 4.26. The van der Waals surface area contributed by atoms with Gasteiger partial charge in [0.2, 0.25) is 0 Å². The van der Waals surface area contributed by atoms with Crippen LogP contribution in [0.1, 0.15) is 5.56 Å². The summed E-state index contributed by atoms with van der Waals surface area (Å²) in [7, 11) is 1.55. The maximum Gasteiger partial charge on any atom is 0.265 e. The summed E-state index contributed by atoms with van der Waals surface area (Å²) < 4.78 is 5.42. The van der Waals surface area contributed by atoms with E-state index in [0.717, 1.165) is 10.8 Å². The SMILES string of the molecule is C=CCN1C(=O)C(=Cc2c(OC)ccc3ccccc23)C(=O)NC1=S. The van der Waals surface area contributed by atoms with Crippen LogP contribution in [0.4, 0.5) is 0 Å². The second kappa shape index (κ2) is 6.86. The van der Waals surface area contributed by atoms with Gasteiger partial charge in [-0.3, -0.25) is 19.8 Å². The molecule has 0 bridgehead atoms. The number of benzene rings is 2. The van der Waals surface area contributed by atoms with Gasteiger partial charge in [-0.25, -0.2) is 0 Å². The number of hydrogen-bond donors (Lipinski definition) is 1. The topological polar surface area (TPSA) is 58.6 Å². The van der Waals surface area contributed by atoms with Crippen molar-refractivity contribution >= 4 is 46.0 Å². The largest absolute Gasteiger partial charge is 0.496 e. The highest BCUT2D eigenvalue weighted by Gasteiger charge is 2.33. The third-order valence-electron chi connectivity index (χ3n) is 3.94. The van der Waals surface area contributed by atoms with Crippen LogP contribution in [0.5, 0.6) is 5.75 Å². The van der Waals surface area contributed by atoms with E-state index in [-0.39, 0.29) is 17.2 Å². The number of nitrogens with zero attached hydrogens (tertiary/aromatic N) is 1. The predicted octanol–water partition coefficient (Wildman–Crippen LogP) is 2.66. The highest BCUT2D eigenvalue weighted by atomic mass is 32.1.